The second-order valence-electron chi connectivity index (χ2n) is 3.89. The largest absolute Gasteiger partial charge is 0.363 e. The molecule has 4 heteroatoms. The Morgan fingerprint density at radius 1 is 1.33 bits per heavy atom. The summed E-state index contributed by atoms with van der Waals surface area (Å²) in [5, 5.41) is 0. The van der Waals surface area contributed by atoms with Crippen LogP contribution in [0.15, 0.2) is 30.3 Å². The normalized spacial score (nSPS) is 34.3. The Bertz CT molecular complexity index is 355. The third-order valence-electron chi connectivity index (χ3n) is 2.77. The van der Waals surface area contributed by atoms with Crippen LogP contribution < -0.4 is 0 Å². The van der Waals surface area contributed by atoms with Crippen molar-refractivity contribution in [2.75, 3.05) is 6.61 Å². The van der Waals surface area contributed by atoms with Crippen LogP contribution in [-0.4, -0.2) is 16.5 Å². The fraction of sp³-hybridized carbons (Fsp3) is 0.455. The zero-order valence-electron chi connectivity index (χ0n) is 8.21. The molecule has 0 radical (unpaired) electrons. The van der Waals surface area contributed by atoms with Gasteiger partial charge in [-0.3, -0.25) is 0 Å². The van der Waals surface area contributed by atoms with Gasteiger partial charge in [0, 0.05) is 0 Å². The molecule has 1 aliphatic rings. The Morgan fingerprint density at radius 3 is 2.40 bits per heavy atom. The summed E-state index contributed by atoms with van der Waals surface area (Å²) in [4.78, 5) is 0. The smallest absolute Gasteiger partial charge is 0.285 e. The molecule has 82 valence electrons. The maximum absolute atomic E-state index is 13.4. The highest BCUT2D eigenvalue weighted by Gasteiger charge is 2.57. The van der Waals surface area contributed by atoms with Gasteiger partial charge in [0.05, 0.1) is 0 Å². The van der Waals surface area contributed by atoms with E-state index in [0.29, 0.717) is 0 Å². The van der Waals surface area contributed by atoms with Crippen LogP contribution in [0.1, 0.15) is 12.5 Å². The monoisotopic (exact) mass is 324 g/mol. The van der Waals surface area contributed by atoms with Crippen molar-refractivity contribution in [2.45, 2.75) is 22.4 Å². The van der Waals surface area contributed by atoms with Gasteiger partial charge in [0.25, 0.3) is 5.92 Å². The topological polar surface area (TPSA) is 9.23 Å². The van der Waals surface area contributed by atoms with Crippen molar-refractivity contribution in [2.24, 2.45) is 0 Å². The van der Waals surface area contributed by atoms with Gasteiger partial charge in [-0.15, -0.1) is 0 Å². The van der Waals surface area contributed by atoms with E-state index < -0.39 is 22.1 Å². The number of rotatable bonds is 1. The first-order chi connectivity index (χ1) is 6.97. The molecule has 1 aromatic carbocycles. The van der Waals surface area contributed by atoms with Crippen LogP contribution in [0.5, 0.6) is 0 Å². The highest BCUT2D eigenvalue weighted by molar-refractivity contribution is 14.1. The van der Waals surface area contributed by atoms with E-state index in [4.69, 9.17) is 4.74 Å². The highest BCUT2D eigenvalue weighted by Crippen LogP contribution is 2.48. The molecule has 15 heavy (non-hydrogen) atoms. The molecule has 1 nitrogen and oxygen atoms in total. The molecule has 0 aromatic heterocycles. The lowest BCUT2D eigenvalue weighted by molar-refractivity contribution is -0.0204. The Morgan fingerprint density at radius 2 is 1.93 bits per heavy atom. The summed E-state index contributed by atoms with van der Waals surface area (Å²) < 4.78 is 31.2. The van der Waals surface area contributed by atoms with Gasteiger partial charge in [0.15, 0.2) is 0 Å². The molecule has 1 saturated heterocycles. The molecular weight excluding hydrogens is 313 g/mol. The fourth-order valence-corrected chi connectivity index (χ4v) is 2.51. The van der Waals surface area contributed by atoms with Crippen LogP contribution in [0.25, 0.3) is 0 Å². The summed E-state index contributed by atoms with van der Waals surface area (Å²) in [5.41, 5.74) is -0.0766. The van der Waals surface area contributed by atoms with Crippen molar-refractivity contribution in [3.63, 3.8) is 0 Å². The summed E-state index contributed by atoms with van der Waals surface area (Å²) in [6.07, 6.45) is 0. The molecule has 2 rings (SSSR count). The van der Waals surface area contributed by atoms with Gasteiger partial charge in [-0.25, -0.2) is 8.78 Å². The van der Waals surface area contributed by atoms with Gasteiger partial charge in [0.2, 0.25) is 0 Å². The van der Waals surface area contributed by atoms with E-state index >= 15 is 0 Å². The van der Waals surface area contributed by atoms with Crippen LogP contribution in [0.3, 0.4) is 0 Å². The molecular formula is C11H11F2IO. The molecule has 0 unspecified atom stereocenters. The van der Waals surface area contributed by atoms with E-state index in [1.54, 1.807) is 29.5 Å². The van der Waals surface area contributed by atoms with E-state index in [9.17, 15) is 8.78 Å². The van der Waals surface area contributed by atoms with Crippen LogP contribution in [0, 0.1) is 0 Å². The first-order valence-corrected chi connectivity index (χ1v) is 5.93. The zero-order chi connectivity index (χ0) is 11.1. The van der Waals surface area contributed by atoms with Crippen LogP contribution in [0.4, 0.5) is 8.78 Å². The predicted octanol–water partition coefficient (Wildman–Crippen LogP) is 3.37. The summed E-state index contributed by atoms with van der Waals surface area (Å²) in [6, 6.07) is 9.19. The number of benzene rings is 1. The molecule has 0 N–H and O–H groups in total. The minimum Gasteiger partial charge on any atom is -0.363 e. The molecule has 1 aliphatic heterocycles. The van der Waals surface area contributed by atoms with Crippen LogP contribution in [0.2, 0.25) is 0 Å². The zero-order valence-corrected chi connectivity index (χ0v) is 10.4. The predicted molar refractivity (Wildman–Crippen MR) is 62.5 cm³/mol. The SMILES string of the molecule is C[C@]1(c2ccccc2)OCC(F)(F)[C@@H]1I. The average Bonchev–Trinajstić information content (AvgIpc) is 2.45. The summed E-state index contributed by atoms with van der Waals surface area (Å²) in [5.74, 6) is -2.74. The maximum atomic E-state index is 13.4. The Labute approximate surface area is 101 Å². The van der Waals surface area contributed by atoms with E-state index in [-0.39, 0.29) is 0 Å². The summed E-state index contributed by atoms with van der Waals surface area (Å²) in [7, 11) is 0. The Hall–Kier alpha value is -0.230. The first-order valence-electron chi connectivity index (χ1n) is 4.68. The van der Waals surface area contributed by atoms with Crippen LogP contribution >= 0.6 is 22.6 Å². The first kappa shape index (κ1) is 11.3. The van der Waals surface area contributed by atoms with Gasteiger partial charge in [0.1, 0.15) is 16.1 Å². The van der Waals surface area contributed by atoms with E-state index in [1.807, 2.05) is 30.3 Å². The molecule has 0 bridgehead atoms. The maximum Gasteiger partial charge on any atom is 0.285 e. The van der Waals surface area contributed by atoms with Crippen molar-refractivity contribution in [1.82, 2.24) is 0 Å². The van der Waals surface area contributed by atoms with Gasteiger partial charge in [-0.1, -0.05) is 52.9 Å². The lowest BCUT2D eigenvalue weighted by atomic mass is 9.92. The van der Waals surface area contributed by atoms with E-state index in [1.165, 1.54) is 0 Å². The molecule has 0 saturated carbocycles. The lowest BCUT2D eigenvalue weighted by Gasteiger charge is -2.28. The number of halogens is 3. The quantitative estimate of drug-likeness (QED) is 0.568. The van der Waals surface area contributed by atoms with Gasteiger partial charge < -0.3 is 4.74 Å². The van der Waals surface area contributed by atoms with Crippen molar-refractivity contribution in [3.05, 3.63) is 35.9 Å². The standard InChI is InChI=1S/C11H11F2IO/c1-10(8-5-3-2-4-6-8)9(14)11(12,13)7-15-10/h2-6,9H,7H2,1H3/t9-,10-/m1/s1. The third kappa shape index (κ3) is 1.78. The van der Waals surface area contributed by atoms with Crippen molar-refractivity contribution in [1.29, 1.82) is 0 Å². The molecule has 0 aliphatic carbocycles. The lowest BCUT2D eigenvalue weighted by Crippen LogP contribution is -2.36. The molecule has 1 heterocycles. The number of ether oxygens (including phenoxy) is 1. The number of hydrogen-bond acceptors (Lipinski definition) is 1. The molecule has 1 fully saturated rings. The molecule has 0 amide bonds. The Kier molecular flexibility index (Phi) is 2.75. The second-order valence-corrected chi connectivity index (χ2v) is 5.13. The number of hydrogen-bond donors (Lipinski definition) is 0. The minimum atomic E-state index is -2.74. The van der Waals surface area contributed by atoms with Crippen molar-refractivity contribution >= 4 is 22.6 Å². The van der Waals surface area contributed by atoms with Gasteiger partial charge in [-0.05, 0) is 12.5 Å². The average molecular weight is 324 g/mol. The van der Waals surface area contributed by atoms with Crippen LogP contribution in [-0.2, 0) is 10.3 Å². The molecule has 1 aromatic rings. The Balaban J connectivity index is 2.38. The van der Waals surface area contributed by atoms with Gasteiger partial charge >= 0.3 is 0 Å². The van der Waals surface area contributed by atoms with E-state index in [0.717, 1.165) is 5.56 Å². The van der Waals surface area contributed by atoms with E-state index in [2.05, 4.69) is 0 Å². The van der Waals surface area contributed by atoms with Gasteiger partial charge in [-0.2, -0.15) is 0 Å². The summed E-state index contributed by atoms with van der Waals surface area (Å²) >= 11 is 1.78. The third-order valence-corrected chi connectivity index (χ3v) is 4.87. The second kappa shape index (κ2) is 3.66. The molecule has 2 atom stereocenters. The minimum absolute atomic E-state index is 0.494. The van der Waals surface area contributed by atoms with Crippen molar-refractivity contribution in [3.8, 4) is 0 Å². The summed E-state index contributed by atoms with van der Waals surface area (Å²) in [6.45, 7) is 1.23. The molecule has 0 spiro atoms. The van der Waals surface area contributed by atoms with Crippen molar-refractivity contribution < 1.29 is 13.5 Å². The number of alkyl halides is 3. The fourth-order valence-electron chi connectivity index (χ4n) is 1.79. The highest BCUT2D eigenvalue weighted by atomic mass is 127.